The van der Waals surface area contributed by atoms with Gasteiger partial charge >= 0.3 is 12.0 Å². The van der Waals surface area contributed by atoms with Crippen LogP contribution in [0.2, 0.25) is 0 Å². The molecular formula is C14H21N3O3S. The Morgan fingerprint density at radius 2 is 2.14 bits per heavy atom. The van der Waals surface area contributed by atoms with Crippen molar-refractivity contribution in [2.24, 2.45) is 5.92 Å². The molecule has 6 nitrogen and oxygen atoms in total. The van der Waals surface area contributed by atoms with Gasteiger partial charge < -0.3 is 10.0 Å². The predicted molar refractivity (Wildman–Crippen MR) is 79.7 cm³/mol. The molecule has 2 amide bonds. The van der Waals surface area contributed by atoms with E-state index in [0.717, 1.165) is 12.8 Å². The summed E-state index contributed by atoms with van der Waals surface area (Å²) in [6.07, 6.45) is 2.39. The molecular weight excluding hydrogens is 290 g/mol. The van der Waals surface area contributed by atoms with Gasteiger partial charge in [0, 0.05) is 18.3 Å². The molecule has 1 aliphatic carbocycles. The molecule has 2 fully saturated rings. The Kier molecular flexibility index (Phi) is 4.99. The molecule has 1 N–H and O–H groups in total. The number of urea groups is 1. The highest BCUT2D eigenvalue weighted by molar-refractivity contribution is 8.00. The lowest BCUT2D eigenvalue weighted by atomic mass is 10.2. The van der Waals surface area contributed by atoms with Crippen molar-refractivity contribution < 1.29 is 14.7 Å². The number of hydrogen-bond donors (Lipinski definition) is 1. The number of carbonyl (C=O) groups excluding carboxylic acids is 1. The zero-order chi connectivity index (χ0) is 15.6. The van der Waals surface area contributed by atoms with Gasteiger partial charge in [-0.15, -0.1) is 11.8 Å². The summed E-state index contributed by atoms with van der Waals surface area (Å²) in [5, 5.41) is 18.1. The number of nitriles is 1. The van der Waals surface area contributed by atoms with E-state index in [-0.39, 0.29) is 23.9 Å². The maximum Gasteiger partial charge on any atom is 0.327 e. The van der Waals surface area contributed by atoms with Crippen LogP contribution in [-0.2, 0) is 4.79 Å². The summed E-state index contributed by atoms with van der Waals surface area (Å²) < 4.78 is 0. The summed E-state index contributed by atoms with van der Waals surface area (Å²) in [4.78, 5) is 27.4. The largest absolute Gasteiger partial charge is 0.480 e. The summed E-state index contributed by atoms with van der Waals surface area (Å²) >= 11 is 1.57. The predicted octanol–water partition coefficient (Wildman–Crippen LogP) is 1.97. The van der Waals surface area contributed by atoms with Gasteiger partial charge in [-0.05, 0) is 32.6 Å². The number of carboxylic acid groups (broad SMARTS) is 1. The third-order valence-corrected chi connectivity index (χ3v) is 5.36. The first-order valence-electron chi connectivity index (χ1n) is 7.27. The number of carboxylic acids is 1. The summed E-state index contributed by atoms with van der Waals surface area (Å²) in [6, 6.07) is 1.00. The third-order valence-electron chi connectivity index (χ3n) is 3.90. The van der Waals surface area contributed by atoms with Crippen molar-refractivity contribution >= 4 is 23.8 Å². The number of amides is 2. The molecule has 0 aromatic rings. The number of thioether (sulfide) groups is 1. The van der Waals surface area contributed by atoms with E-state index in [1.54, 1.807) is 21.6 Å². The maximum absolute atomic E-state index is 12.8. The van der Waals surface area contributed by atoms with E-state index in [9.17, 15) is 14.7 Å². The Labute approximate surface area is 129 Å². The van der Waals surface area contributed by atoms with Crippen molar-refractivity contribution in [1.29, 1.82) is 5.26 Å². The quantitative estimate of drug-likeness (QED) is 0.839. The van der Waals surface area contributed by atoms with Crippen molar-refractivity contribution in [3.05, 3.63) is 0 Å². The summed E-state index contributed by atoms with van der Waals surface area (Å²) in [7, 11) is 0. The zero-order valence-corrected chi connectivity index (χ0v) is 13.2. The summed E-state index contributed by atoms with van der Waals surface area (Å²) in [6.45, 7) is 4.12. The molecule has 2 unspecified atom stereocenters. The standard InChI is InChI=1S/C14H21N3O3S/c1-9(2)16(7-3-6-15)14(20)17-11(13(18)19)8-21-12(17)10-4-5-10/h9-12H,3-5,7-8H2,1-2H3,(H,18,19). The second-order valence-electron chi connectivity index (χ2n) is 5.80. The van der Waals surface area contributed by atoms with E-state index in [2.05, 4.69) is 0 Å². The number of carbonyl (C=O) groups is 2. The monoisotopic (exact) mass is 311 g/mol. The third kappa shape index (κ3) is 3.43. The fraction of sp³-hybridized carbons (Fsp3) is 0.786. The van der Waals surface area contributed by atoms with Crippen LogP contribution < -0.4 is 0 Å². The minimum atomic E-state index is -0.942. The first-order chi connectivity index (χ1) is 9.97. The molecule has 2 atom stereocenters. The van der Waals surface area contributed by atoms with Gasteiger partial charge in [0.2, 0.25) is 0 Å². The highest BCUT2D eigenvalue weighted by Crippen LogP contribution is 2.45. The zero-order valence-electron chi connectivity index (χ0n) is 12.4. The van der Waals surface area contributed by atoms with Gasteiger partial charge in [0.05, 0.1) is 17.9 Å². The maximum atomic E-state index is 12.8. The number of hydrogen-bond acceptors (Lipinski definition) is 4. The lowest BCUT2D eigenvalue weighted by molar-refractivity contribution is -0.141. The minimum Gasteiger partial charge on any atom is -0.480 e. The van der Waals surface area contributed by atoms with Gasteiger partial charge in [-0.1, -0.05) is 0 Å². The lowest BCUT2D eigenvalue weighted by Gasteiger charge is -2.35. The molecule has 1 heterocycles. The average Bonchev–Trinajstić information content (AvgIpc) is 3.16. The molecule has 0 spiro atoms. The van der Waals surface area contributed by atoms with Gasteiger partial charge in [-0.25, -0.2) is 9.59 Å². The number of nitrogens with zero attached hydrogens (tertiary/aromatic N) is 3. The molecule has 0 aromatic carbocycles. The topological polar surface area (TPSA) is 84.6 Å². The Balaban J connectivity index is 2.18. The van der Waals surface area contributed by atoms with Crippen LogP contribution in [0.15, 0.2) is 0 Å². The van der Waals surface area contributed by atoms with Gasteiger partial charge in [-0.3, -0.25) is 4.90 Å². The Bertz CT molecular complexity index is 459. The van der Waals surface area contributed by atoms with Crippen molar-refractivity contribution in [2.45, 2.75) is 50.6 Å². The fourth-order valence-electron chi connectivity index (χ4n) is 2.60. The Hall–Kier alpha value is -1.42. The molecule has 1 aliphatic heterocycles. The molecule has 21 heavy (non-hydrogen) atoms. The Morgan fingerprint density at radius 3 is 2.62 bits per heavy atom. The van der Waals surface area contributed by atoms with E-state index in [0.29, 0.717) is 18.2 Å². The van der Waals surface area contributed by atoms with Gasteiger partial charge in [0.25, 0.3) is 0 Å². The van der Waals surface area contributed by atoms with Crippen molar-refractivity contribution in [2.75, 3.05) is 12.3 Å². The van der Waals surface area contributed by atoms with E-state index >= 15 is 0 Å². The van der Waals surface area contributed by atoms with Crippen molar-refractivity contribution in [3.8, 4) is 6.07 Å². The van der Waals surface area contributed by atoms with Crippen LogP contribution in [0.1, 0.15) is 33.1 Å². The number of rotatable bonds is 5. The van der Waals surface area contributed by atoms with Gasteiger partial charge in [0.15, 0.2) is 0 Å². The van der Waals surface area contributed by atoms with E-state index in [1.807, 2.05) is 19.9 Å². The van der Waals surface area contributed by atoms with Crippen molar-refractivity contribution in [1.82, 2.24) is 9.80 Å². The van der Waals surface area contributed by atoms with Crippen LogP contribution >= 0.6 is 11.8 Å². The lowest BCUT2D eigenvalue weighted by Crippen LogP contribution is -2.54. The molecule has 2 aliphatic rings. The molecule has 0 radical (unpaired) electrons. The van der Waals surface area contributed by atoms with E-state index in [4.69, 9.17) is 5.26 Å². The summed E-state index contributed by atoms with van der Waals surface area (Å²) in [5.74, 6) is -0.0665. The van der Waals surface area contributed by atoms with Gasteiger partial charge in [0.1, 0.15) is 6.04 Å². The molecule has 0 bridgehead atoms. The molecule has 1 saturated carbocycles. The second-order valence-corrected chi connectivity index (χ2v) is 6.95. The first-order valence-corrected chi connectivity index (χ1v) is 8.32. The van der Waals surface area contributed by atoms with Crippen LogP contribution in [0.3, 0.4) is 0 Å². The van der Waals surface area contributed by atoms with Crippen LogP contribution in [0.5, 0.6) is 0 Å². The van der Waals surface area contributed by atoms with Crippen LogP contribution in [0, 0.1) is 17.2 Å². The van der Waals surface area contributed by atoms with Gasteiger partial charge in [-0.2, -0.15) is 5.26 Å². The second kappa shape index (κ2) is 6.56. The SMILES string of the molecule is CC(C)N(CCC#N)C(=O)N1C(C(=O)O)CSC1C1CC1. The molecule has 2 rings (SSSR count). The molecule has 0 aromatic heterocycles. The fourth-order valence-corrected chi connectivity index (χ4v) is 4.22. The average molecular weight is 311 g/mol. The van der Waals surface area contributed by atoms with E-state index in [1.165, 1.54) is 0 Å². The van der Waals surface area contributed by atoms with Crippen LogP contribution in [0.25, 0.3) is 0 Å². The van der Waals surface area contributed by atoms with E-state index < -0.39 is 12.0 Å². The number of aliphatic carboxylic acids is 1. The highest BCUT2D eigenvalue weighted by Gasteiger charge is 2.49. The molecule has 116 valence electrons. The van der Waals surface area contributed by atoms with Crippen molar-refractivity contribution in [3.63, 3.8) is 0 Å². The highest BCUT2D eigenvalue weighted by atomic mass is 32.2. The van der Waals surface area contributed by atoms with Crippen LogP contribution in [0.4, 0.5) is 4.79 Å². The normalized spacial score (nSPS) is 25.0. The Morgan fingerprint density at radius 1 is 1.48 bits per heavy atom. The molecule has 7 heteroatoms. The smallest absolute Gasteiger partial charge is 0.327 e. The molecule has 1 saturated heterocycles. The first kappa shape index (κ1) is 16.0. The van der Waals surface area contributed by atoms with Crippen LogP contribution in [-0.4, -0.2) is 56.7 Å². The minimum absolute atomic E-state index is 0.0260. The summed E-state index contributed by atoms with van der Waals surface area (Å²) in [5.41, 5.74) is 0.